The van der Waals surface area contributed by atoms with Gasteiger partial charge in [0.05, 0.1) is 20.3 Å². The van der Waals surface area contributed by atoms with Crippen LogP contribution in [0, 0.1) is 0 Å². The van der Waals surface area contributed by atoms with E-state index in [1.54, 1.807) is 18.2 Å². The van der Waals surface area contributed by atoms with E-state index in [4.69, 9.17) is 9.47 Å². The van der Waals surface area contributed by atoms with Crippen molar-refractivity contribution in [2.75, 3.05) is 20.8 Å². The van der Waals surface area contributed by atoms with Crippen molar-refractivity contribution >= 4 is 0 Å². The number of rotatable bonds is 7. The van der Waals surface area contributed by atoms with Gasteiger partial charge in [0.15, 0.2) is 11.5 Å². The molecular weight excluding hydrogens is 240 g/mol. The topological polar surface area (TPSA) is 30.5 Å². The number of nitrogens with one attached hydrogen (secondary N) is 1. The fourth-order valence-electron chi connectivity index (χ4n) is 1.70. The molecule has 0 amide bonds. The van der Waals surface area contributed by atoms with Crippen molar-refractivity contribution in [3.63, 3.8) is 0 Å². The van der Waals surface area contributed by atoms with Crippen LogP contribution < -0.4 is 14.8 Å². The van der Waals surface area contributed by atoms with E-state index in [1.807, 2.05) is 6.92 Å². The van der Waals surface area contributed by atoms with Crippen LogP contribution in [0.1, 0.15) is 24.9 Å². The first-order chi connectivity index (χ1) is 8.63. The zero-order chi connectivity index (χ0) is 13.5. The Hall–Kier alpha value is -1.36. The van der Waals surface area contributed by atoms with E-state index >= 15 is 0 Å². The lowest BCUT2D eigenvalue weighted by Gasteiger charge is -2.19. The maximum atomic E-state index is 13.0. The van der Waals surface area contributed by atoms with Crippen molar-refractivity contribution in [1.29, 1.82) is 0 Å². The SMILES string of the molecule is CCCNC(c1ccc(OC)c(OC)c1)C(F)F. The number of hydrogen-bond donors (Lipinski definition) is 1. The minimum Gasteiger partial charge on any atom is -0.493 e. The lowest BCUT2D eigenvalue weighted by atomic mass is 10.1. The normalized spacial score (nSPS) is 12.6. The molecule has 0 aliphatic rings. The van der Waals surface area contributed by atoms with Crippen LogP contribution in [0.25, 0.3) is 0 Å². The maximum Gasteiger partial charge on any atom is 0.257 e. The van der Waals surface area contributed by atoms with Gasteiger partial charge in [0.2, 0.25) is 0 Å². The van der Waals surface area contributed by atoms with Gasteiger partial charge in [-0.3, -0.25) is 0 Å². The van der Waals surface area contributed by atoms with Gasteiger partial charge in [-0.1, -0.05) is 13.0 Å². The third-order valence-electron chi connectivity index (χ3n) is 2.63. The maximum absolute atomic E-state index is 13.0. The number of alkyl halides is 2. The predicted octanol–water partition coefficient (Wildman–Crippen LogP) is 3.01. The Labute approximate surface area is 106 Å². The number of halogens is 2. The minimum absolute atomic E-state index is 0.457. The van der Waals surface area contributed by atoms with Crippen LogP contribution in [-0.4, -0.2) is 27.2 Å². The van der Waals surface area contributed by atoms with Crippen molar-refractivity contribution in [2.24, 2.45) is 0 Å². The summed E-state index contributed by atoms with van der Waals surface area (Å²) in [7, 11) is 3.00. The summed E-state index contributed by atoms with van der Waals surface area (Å²) >= 11 is 0. The molecule has 0 aliphatic carbocycles. The Balaban J connectivity index is 2.97. The van der Waals surface area contributed by atoms with E-state index in [-0.39, 0.29) is 0 Å². The highest BCUT2D eigenvalue weighted by Crippen LogP contribution is 2.31. The van der Waals surface area contributed by atoms with Crippen LogP contribution in [0.3, 0.4) is 0 Å². The van der Waals surface area contributed by atoms with Gasteiger partial charge in [-0.15, -0.1) is 0 Å². The largest absolute Gasteiger partial charge is 0.493 e. The molecule has 18 heavy (non-hydrogen) atoms. The monoisotopic (exact) mass is 259 g/mol. The van der Waals surface area contributed by atoms with Gasteiger partial charge in [0.25, 0.3) is 6.43 Å². The fraction of sp³-hybridized carbons (Fsp3) is 0.538. The first-order valence-electron chi connectivity index (χ1n) is 5.87. The second kappa shape index (κ2) is 7.16. The van der Waals surface area contributed by atoms with Crippen LogP contribution in [-0.2, 0) is 0 Å². The molecule has 0 bridgehead atoms. The molecule has 0 aliphatic heterocycles. The van der Waals surface area contributed by atoms with Gasteiger partial charge in [-0.05, 0) is 30.7 Å². The first-order valence-corrected chi connectivity index (χ1v) is 5.87. The van der Waals surface area contributed by atoms with Crippen molar-refractivity contribution in [3.05, 3.63) is 23.8 Å². The zero-order valence-electron chi connectivity index (χ0n) is 10.9. The van der Waals surface area contributed by atoms with E-state index in [9.17, 15) is 8.78 Å². The molecule has 0 spiro atoms. The van der Waals surface area contributed by atoms with Crippen LogP contribution in [0.5, 0.6) is 11.5 Å². The Morgan fingerprint density at radius 3 is 2.33 bits per heavy atom. The second-order valence-corrected chi connectivity index (χ2v) is 3.88. The van der Waals surface area contributed by atoms with E-state index in [0.717, 1.165) is 6.42 Å². The Bertz CT molecular complexity index is 372. The van der Waals surface area contributed by atoms with Gasteiger partial charge in [0, 0.05) is 0 Å². The Morgan fingerprint density at radius 2 is 1.83 bits per heavy atom. The summed E-state index contributed by atoms with van der Waals surface area (Å²) in [5.74, 6) is 0.990. The molecule has 1 aromatic carbocycles. The molecule has 0 saturated heterocycles. The van der Waals surface area contributed by atoms with Crippen LogP contribution in [0.4, 0.5) is 8.78 Å². The highest BCUT2D eigenvalue weighted by molar-refractivity contribution is 5.43. The van der Waals surface area contributed by atoms with Crippen LogP contribution in [0.15, 0.2) is 18.2 Å². The molecule has 1 atom stereocenters. The van der Waals surface area contributed by atoms with Gasteiger partial charge < -0.3 is 14.8 Å². The van der Waals surface area contributed by atoms with E-state index in [1.165, 1.54) is 14.2 Å². The van der Waals surface area contributed by atoms with E-state index in [2.05, 4.69) is 5.32 Å². The number of hydrogen-bond acceptors (Lipinski definition) is 3. The number of methoxy groups -OCH3 is 2. The van der Waals surface area contributed by atoms with Crippen molar-refractivity contribution in [3.8, 4) is 11.5 Å². The summed E-state index contributed by atoms with van der Waals surface area (Å²) < 4.78 is 36.2. The highest BCUT2D eigenvalue weighted by atomic mass is 19.3. The predicted molar refractivity (Wildman–Crippen MR) is 66.6 cm³/mol. The Morgan fingerprint density at radius 1 is 1.17 bits per heavy atom. The molecule has 1 rings (SSSR count). The molecule has 1 aromatic rings. The van der Waals surface area contributed by atoms with Gasteiger partial charge >= 0.3 is 0 Å². The second-order valence-electron chi connectivity index (χ2n) is 3.88. The van der Waals surface area contributed by atoms with Gasteiger partial charge in [-0.2, -0.15) is 0 Å². The average molecular weight is 259 g/mol. The first kappa shape index (κ1) is 14.7. The Kier molecular flexibility index (Phi) is 5.85. The molecule has 102 valence electrons. The summed E-state index contributed by atoms with van der Waals surface area (Å²) in [5, 5.41) is 2.83. The third-order valence-corrected chi connectivity index (χ3v) is 2.63. The summed E-state index contributed by atoms with van der Waals surface area (Å²) in [6, 6.07) is 3.86. The van der Waals surface area contributed by atoms with E-state index in [0.29, 0.717) is 23.6 Å². The molecule has 1 unspecified atom stereocenters. The van der Waals surface area contributed by atoms with Gasteiger partial charge in [0.1, 0.15) is 0 Å². The standard InChI is InChI=1S/C13H19F2NO2/c1-4-7-16-12(13(14)15)9-5-6-10(17-2)11(8-9)18-3/h5-6,8,12-13,16H,4,7H2,1-3H3. The lowest BCUT2D eigenvalue weighted by molar-refractivity contribution is 0.0983. The van der Waals surface area contributed by atoms with Crippen molar-refractivity contribution in [2.45, 2.75) is 25.8 Å². The summed E-state index contributed by atoms with van der Waals surface area (Å²) in [4.78, 5) is 0. The summed E-state index contributed by atoms with van der Waals surface area (Å²) in [6.07, 6.45) is -1.66. The molecule has 0 fully saturated rings. The quantitative estimate of drug-likeness (QED) is 0.816. The molecule has 5 heteroatoms. The molecule has 0 saturated carbocycles. The van der Waals surface area contributed by atoms with Crippen LogP contribution >= 0.6 is 0 Å². The van der Waals surface area contributed by atoms with Crippen molar-refractivity contribution in [1.82, 2.24) is 5.32 Å². The van der Waals surface area contributed by atoms with E-state index < -0.39 is 12.5 Å². The molecule has 0 heterocycles. The van der Waals surface area contributed by atoms with Gasteiger partial charge in [-0.25, -0.2) is 8.78 Å². The molecule has 3 nitrogen and oxygen atoms in total. The minimum atomic E-state index is -2.46. The average Bonchev–Trinajstić information content (AvgIpc) is 2.38. The number of ether oxygens (including phenoxy) is 2. The third kappa shape index (κ3) is 3.57. The smallest absolute Gasteiger partial charge is 0.257 e. The number of benzene rings is 1. The zero-order valence-corrected chi connectivity index (χ0v) is 10.9. The lowest BCUT2D eigenvalue weighted by Crippen LogP contribution is -2.28. The molecule has 0 radical (unpaired) electrons. The summed E-state index contributed by atoms with van der Waals surface area (Å²) in [5.41, 5.74) is 0.496. The summed E-state index contributed by atoms with van der Waals surface area (Å²) in [6.45, 7) is 2.48. The molecular formula is C13H19F2NO2. The highest BCUT2D eigenvalue weighted by Gasteiger charge is 2.22. The van der Waals surface area contributed by atoms with Crippen LogP contribution in [0.2, 0.25) is 0 Å². The van der Waals surface area contributed by atoms with Crippen molar-refractivity contribution < 1.29 is 18.3 Å². The molecule has 1 N–H and O–H groups in total. The fourth-order valence-corrected chi connectivity index (χ4v) is 1.70. The molecule has 0 aromatic heterocycles.